The van der Waals surface area contributed by atoms with Crippen LogP contribution in [0.15, 0.2) is 30.3 Å². The van der Waals surface area contributed by atoms with Crippen LogP contribution in [-0.4, -0.2) is 38.0 Å². The normalized spacial score (nSPS) is 14.2. The lowest BCUT2D eigenvalue weighted by Crippen LogP contribution is -2.36. The van der Waals surface area contributed by atoms with E-state index in [9.17, 15) is 4.79 Å². The fourth-order valence-electron chi connectivity index (χ4n) is 2.36. The molecule has 0 aliphatic carbocycles. The molecule has 19 heavy (non-hydrogen) atoms. The van der Waals surface area contributed by atoms with Crippen molar-refractivity contribution in [1.29, 1.82) is 0 Å². The fourth-order valence-corrected chi connectivity index (χ4v) is 2.36. The number of carbonyl (C=O) groups excluding carboxylic acids is 1. The Balaban J connectivity index is 2.74. The molecule has 0 saturated heterocycles. The van der Waals surface area contributed by atoms with Crippen molar-refractivity contribution >= 4 is 5.91 Å². The zero-order valence-electron chi connectivity index (χ0n) is 12.1. The van der Waals surface area contributed by atoms with Gasteiger partial charge in [0.25, 0.3) is 0 Å². The molecule has 0 aliphatic heterocycles. The van der Waals surface area contributed by atoms with E-state index in [0.29, 0.717) is 6.54 Å². The maximum atomic E-state index is 11.6. The molecule has 4 heteroatoms. The second-order valence-corrected chi connectivity index (χ2v) is 4.96. The smallest absolute Gasteiger partial charge is 0.223 e. The number of benzene rings is 1. The maximum absolute atomic E-state index is 11.6. The average Bonchev–Trinajstić information content (AvgIpc) is 2.44. The average molecular weight is 263 g/mol. The van der Waals surface area contributed by atoms with Gasteiger partial charge in [-0.15, -0.1) is 0 Å². The second kappa shape index (κ2) is 7.92. The van der Waals surface area contributed by atoms with Crippen LogP contribution in [-0.2, 0) is 4.79 Å². The molecule has 0 saturated carbocycles. The van der Waals surface area contributed by atoms with Crippen LogP contribution in [0.3, 0.4) is 0 Å². The van der Waals surface area contributed by atoms with Gasteiger partial charge in [-0.3, -0.25) is 9.69 Å². The number of hydrogen-bond donors (Lipinski definition) is 2. The van der Waals surface area contributed by atoms with Crippen molar-refractivity contribution in [1.82, 2.24) is 10.2 Å². The van der Waals surface area contributed by atoms with Crippen LogP contribution in [0.5, 0.6) is 0 Å². The van der Waals surface area contributed by atoms with Crippen LogP contribution in [0.1, 0.15) is 24.9 Å². The molecule has 106 valence electrons. The molecule has 2 atom stereocenters. The van der Waals surface area contributed by atoms with Crippen molar-refractivity contribution in [3.05, 3.63) is 35.9 Å². The van der Waals surface area contributed by atoms with Crippen LogP contribution in [0.25, 0.3) is 0 Å². The predicted molar refractivity (Wildman–Crippen MR) is 78.7 cm³/mol. The summed E-state index contributed by atoms with van der Waals surface area (Å²) in [6, 6.07) is 10.6. The second-order valence-electron chi connectivity index (χ2n) is 4.96. The highest BCUT2D eigenvalue weighted by Crippen LogP contribution is 2.23. The quantitative estimate of drug-likeness (QED) is 0.781. The zero-order valence-corrected chi connectivity index (χ0v) is 12.1. The van der Waals surface area contributed by atoms with Crippen molar-refractivity contribution in [2.45, 2.75) is 19.4 Å². The first-order valence-corrected chi connectivity index (χ1v) is 6.77. The van der Waals surface area contributed by atoms with E-state index in [4.69, 9.17) is 5.73 Å². The number of rotatable bonds is 7. The number of carbonyl (C=O) groups is 1. The Kier molecular flexibility index (Phi) is 6.53. The molecule has 0 heterocycles. The summed E-state index contributed by atoms with van der Waals surface area (Å²) in [7, 11) is 3.72. The first kappa shape index (κ1) is 15.7. The van der Waals surface area contributed by atoms with Crippen LogP contribution >= 0.6 is 0 Å². The van der Waals surface area contributed by atoms with Crippen molar-refractivity contribution in [3.63, 3.8) is 0 Å². The van der Waals surface area contributed by atoms with Gasteiger partial charge in [-0.2, -0.15) is 0 Å². The number of nitrogens with one attached hydrogen (secondary N) is 1. The van der Waals surface area contributed by atoms with Crippen molar-refractivity contribution in [2.24, 2.45) is 11.7 Å². The van der Waals surface area contributed by atoms with Crippen molar-refractivity contribution in [3.8, 4) is 0 Å². The lowest BCUT2D eigenvalue weighted by Gasteiger charge is -2.30. The monoisotopic (exact) mass is 263 g/mol. The van der Waals surface area contributed by atoms with Gasteiger partial charge in [0.05, 0.1) is 0 Å². The summed E-state index contributed by atoms with van der Waals surface area (Å²) in [5.41, 5.74) is 6.96. The number of amides is 1. The maximum Gasteiger partial charge on any atom is 0.223 e. The molecule has 1 rings (SSSR count). The third-order valence-corrected chi connectivity index (χ3v) is 3.41. The van der Waals surface area contributed by atoms with Gasteiger partial charge in [-0.25, -0.2) is 0 Å². The third kappa shape index (κ3) is 4.65. The van der Waals surface area contributed by atoms with Crippen LogP contribution in [0.2, 0.25) is 0 Å². The molecule has 1 amide bonds. The van der Waals surface area contributed by atoms with E-state index < -0.39 is 0 Å². The fraction of sp³-hybridized carbons (Fsp3) is 0.533. The van der Waals surface area contributed by atoms with Gasteiger partial charge in [-0.05, 0) is 25.6 Å². The van der Waals surface area contributed by atoms with Gasteiger partial charge in [0.15, 0.2) is 0 Å². The van der Waals surface area contributed by atoms with E-state index in [-0.39, 0.29) is 17.9 Å². The molecule has 0 aromatic heterocycles. The molecular formula is C15H25N3O. The first-order valence-electron chi connectivity index (χ1n) is 6.77. The number of hydrogen-bond acceptors (Lipinski definition) is 3. The number of nitrogens with zero attached hydrogens (tertiary/aromatic N) is 1. The summed E-state index contributed by atoms with van der Waals surface area (Å²) in [5.74, 6) is 0.0467. The van der Waals surface area contributed by atoms with Crippen molar-refractivity contribution in [2.75, 3.05) is 27.2 Å². The van der Waals surface area contributed by atoms with E-state index in [1.54, 1.807) is 7.05 Å². The molecule has 0 bridgehead atoms. The van der Waals surface area contributed by atoms with E-state index >= 15 is 0 Å². The first-order chi connectivity index (χ1) is 9.10. The summed E-state index contributed by atoms with van der Waals surface area (Å²) in [6.45, 7) is 3.30. The van der Waals surface area contributed by atoms with E-state index in [2.05, 4.69) is 22.3 Å². The van der Waals surface area contributed by atoms with Crippen molar-refractivity contribution < 1.29 is 4.79 Å². The van der Waals surface area contributed by atoms with E-state index in [1.165, 1.54) is 5.56 Å². The minimum absolute atomic E-state index is 0.0287. The highest BCUT2D eigenvalue weighted by atomic mass is 16.1. The van der Waals surface area contributed by atoms with E-state index in [0.717, 1.165) is 13.0 Å². The predicted octanol–water partition coefficient (Wildman–Crippen LogP) is 1.39. The number of nitrogens with two attached hydrogens (primary N) is 1. The molecular weight excluding hydrogens is 238 g/mol. The van der Waals surface area contributed by atoms with Crippen LogP contribution in [0.4, 0.5) is 0 Å². The summed E-state index contributed by atoms with van der Waals surface area (Å²) in [5, 5.41) is 2.69. The Bertz CT molecular complexity index is 380. The molecule has 4 nitrogen and oxygen atoms in total. The molecule has 1 aromatic carbocycles. The third-order valence-electron chi connectivity index (χ3n) is 3.41. The molecule has 0 radical (unpaired) electrons. The van der Waals surface area contributed by atoms with E-state index in [1.807, 2.05) is 32.2 Å². The highest BCUT2D eigenvalue weighted by molar-refractivity contribution is 5.78. The Morgan fingerprint density at radius 3 is 2.53 bits per heavy atom. The Morgan fingerprint density at radius 1 is 1.37 bits per heavy atom. The van der Waals surface area contributed by atoms with Crippen LogP contribution in [0, 0.1) is 5.92 Å². The summed E-state index contributed by atoms with van der Waals surface area (Å²) >= 11 is 0. The molecule has 3 N–H and O–H groups in total. The molecule has 2 unspecified atom stereocenters. The van der Waals surface area contributed by atoms with Gasteiger partial charge in [0.2, 0.25) is 5.91 Å². The minimum Gasteiger partial charge on any atom is -0.359 e. The lowest BCUT2D eigenvalue weighted by atomic mass is 10.0. The molecule has 0 aliphatic rings. The lowest BCUT2D eigenvalue weighted by molar-refractivity contribution is -0.124. The van der Waals surface area contributed by atoms with Gasteiger partial charge < -0.3 is 11.1 Å². The summed E-state index contributed by atoms with van der Waals surface area (Å²) in [4.78, 5) is 13.8. The Morgan fingerprint density at radius 2 is 2.00 bits per heavy atom. The Labute approximate surface area is 116 Å². The largest absolute Gasteiger partial charge is 0.359 e. The zero-order chi connectivity index (χ0) is 14.3. The van der Waals surface area contributed by atoms with Gasteiger partial charge >= 0.3 is 0 Å². The standard InChI is InChI=1S/C15H25N3O/c1-12(15(19)17-2)11-18(3)14(9-10-16)13-7-5-4-6-8-13/h4-8,12,14H,9-11,16H2,1-3H3,(H,17,19). The summed E-state index contributed by atoms with van der Waals surface area (Å²) in [6.07, 6.45) is 0.890. The highest BCUT2D eigenvalue weighted by Gasteiger charge is 2.20. The van der Waals surface area contributed by atoms with Gasteiger partial charge in [-0.1, -0.05) is 37.3 Å². The molecule has 0 fully saturated rings. The van der Waals surface area contributed by atoms with Crippen LogP contribution < -0.4 is 11.1 Å². The molecule has 1 aromatic rings. The summed E-state index contributed by atoms with van der Waals surface area (Å²) < 4.78 is 0. The van der Waals surface area contributed by atoms with Gasteiger partial charge in [0.1, 0.15) is 0 Å². The molecule has 0 spiro atoms. The minimum atomic E-state index is -0.0287. The van der Waals surface area contributed by atoms with Gasteiger partial charge in [0, 0.05) is 25.6 Å². The Hall–Kier alpha value is -1.39. The SMILES string of the molecule is CNC(=O)C(C)CN(C)C(CCN)c1ccccc1. The topological polar surface area (TPSA) is 58.4 Å².